The molecule has 1 nitrogen and oxygen atoms in total. The first-order valence-corrected chi connectivity index (χ1v) is 6.10. The molecule has 1 spiro atoms. The van der Waals surface area contributed by atoms with Crippen molar-refractivity contribution >= 4 is 15.9 Å². The molecular weight excluding hydrogens is 238 g/mol. The van der Waals surface area contributed by atoms with Crippen molar-refractivity contribution in [1.29, 1.82) is 0 Å². The fraction of sp³-hybridized carbons (Fsp3) is 0.500. The molecule has 3 rings (SSSR count). The summed E-state index contributed by atoms with van der Waals surface area (Å²) in [4.78, 5) is 0. The van der Waals surface area contributed by atoms with Gasteiger partial charge in [0.25, 0.3) is 0 Å². The average molecular weight is 252 g/mol. The van der Waals surface area contributed by atoms with E-state index in [1.807, 2.05) is 0 Å². The van der Waals surface area contributed by atoms with Crippen molar-refractivity contribution in [3.05, 3.63) is 33.8 Å². The van der Waals surface area contributed by atoms with E-state index >= 15 is 0 Å². The Morgan fingerprint density at radius 3 is 2.86 bits per heavy atom. The number of rotatable bonds is 0. The lowest BCUT2D eigenvalue weighted by atomic mass is 9.62. The summed E-state index contributed by atoms with van der Waals surface area (Å²) in [5, 5.41) is 3.54. The van der Waals surface area contributed by atoms with Crippen LogP contribution in [0, 0.1) is 0 Å². The van der Waals surface area contributed by atoms with Crippen molar-refractivity contribution in [1.82, 2.24) is 5.32 Å². The number of nitrogens with one attached hydrogen (secondary N) is 1. The average Bonchev–Trinajstić information content (AvgIpc) is 2.15. The van der Waals surface area contributed by atoms with Crippen LogP contribution in [0.5, 0.6) is 0 Å². The van der Waals surface area contributed by atoms with Gasteiger partial charge < -0.3 is 5.32 Å². The molecule has 0 bridgehead atoms. The molecule has 0 aromatic heterocycles. The Balaban J connectivity index is 2.15. The van der Waals surface area contributed by atoms with Gasteiger partial charge in [-0.1, -0.05) is 34.5 Å². The van der Waals surface area contributed by atoms with Crippen LogP contribution in [0.3, 0.4) is 0 Å². The van der Waals surface area contributed by atoms with E-state index in [-0.39, 0.29) is 0 Å². The summed E-state index contributed by atoms with van der Waals surface area (Å²) in [5.74, 6) is 0. The van der Waals surface area contributed by atoms with Crippen LogP contribution in [0.2, 0.25) is 0 Å². The van der Waals surface area contributed by atoms with Gasteiger partial charge in [-0.25, -0.2) is 0 Å². The fourth-order valence-electron chi connectivity index (χ4n) is 2.81. The Labute approximate surface area is 93.0 Å². The number of halogens is 1. The minimum absolute atomic E-state index is 0.483. The smallest absolute Gasteiger partial charge is 0.0223 e. The lowest BCUT2D eigenvalue weighted by Crippen LogP contribution is -2.47. The van der Waals surface area contributed by atoms with Crippen molar-refractivity contribution in [2.24, 2.45) is 0 Å². The van der Waals surface area contributed by atoms with Crippen LogP contribution in [0.1, 0.15) is 30.4 Å². The third-order valence-electron chi connectivity index (χ3n) is 3.77. The quantitative estimate of drug-likeness (QED) is 0.748. The molecule has 1 fully saturated rings. The second kappa shape index (κ2) is 3.07. The van der Waals surface area contributed by atoms with E-state index in [1.54, 1.807) is 5.56 Å². The highest BCUT2D eigenvalue weighted by molar-refractivity contribution is 9.10. The molecule has 14 heavy (non-hydrogen) atoms. The first-order chi connectivity index (χ1) is 6.82. The Morgan fingerprint density at radius 1 is 1.29 bits per heavy atom. The summed E-state index contributed by atoms with van der Waals surface area (Å²) in [6.45, 7) is 2.20. The molecule has 0 amide bonds. The third kappa shape index (κ3) is 1.10. The molecule has 1 aliphatic carbocycles. The molecule has 0 saturated heterocycles. The zero-order valence-electron chi connectivity index (χ0n) is 8.15. The van der Waals surface area contributed by atoms with Crippen LogP contribution in [0.4, 0.5) is 0 Å². The Hall–Kier alpha value is -0.340. The predicted molar refractivity (Wildman–Crippen MR) is 61.4 cm³/mol. The number of hydrogen-bond donors (Lipinski definition) is 1. The van der Waals surface area contributed by atoms with Crippen molar-refractivity contribution in [3.63, 3.8) is 0 Å². The molecule has 74 valence electrons. The Kier molecular flexibility index (Phi) is 1.96. The standard InChI is InChI=1S/C12H14BrN/c13-11-4-1-3-10-9(11)7-14-8-12(10)5-2-6-12/h1,3-4,14H,2,5-8H2. The molecule has 1 N–H and O–H groups in total. The van der Waals surface area contributed by atoms with Crippen molar-refractivity contribution in [2.45, 2.75) is 31.2 Å². The second-order valence-corrected chi connectivity index (χ2v) is 5.36. The zero-order chi connectivity index (χ0) is 9.60. The third-order valence-corrected chi connectivity index (χ3v) is 4.51. The highest BCUT2D eigenvalue weighted by Crippen LogP contribution is 2.47. The summed E-state index contributed by atoms with van der Waals surface area (Å²) >= 11 is 3.65. The molecule has 0 unspecified atom stereocenters. The largest absolute Gasteiger partial charge is 0.312 e. The van der Waals surface area contributed by atoms with Crippen LogP contribution >= 0.6 is 15.9 Å². The lowest BCUT2D eigenvalue weighted by molar-refractivity contribution is 0.219. The van der Waals surface area contributed by atoms with E-state index in [9.17, 15) is 0 Å². The van der Waals surface area contributed by atoms with Gasteiger partial charge in [-0.2, -0.15) is 0 Å². The molecule has 0 radical (unpaired) electrons. The molecule has 1 aromatic rings. The summed E-state index contributed by atoms with van der Waals surface area (Å²) in [6, 6.07) is 6.65. The molecular formula is C12H14BrN. The minimum Gasteiger partial charge on any atom is -0.312 e. The van der Waals surface area contributed by atoms with Crippen LogP contribution in [0.25, 0.3) is 0 Å². The summed E-state index contributed by atoms with van der Waals surface area (Å²) in [6.07, 6.45) is 4.13. The minimum atomic E-state index is 0.483. The number of fused-ring (bicyclic) bond motifs is 2. The highest BCUT2D eigenvalue weighted by atomic mass is 79.9. The molecule has 2 heteroatoms. The van der Waals surface area contributed by atoms with E-state index < -0.39 is 0 Å². The Bertz CT molecular complexity index is 369. The zero-order valence-corrected chi connectivity index (χ0v) is 9.73. The van der Waals surface area contributed by atoms with Crippen LogP contribution in [0.15, 0.2) is 22.7 Å². The maximum absolute atomic E-state index is 3.65. The van der Waals surface area contributed by atoms with E-state index in [0.717, 1.165) is 6.54 Å². The van der Waals surface area contributed by atoms with Crippen molar-refractivity contribution < 1.29 is 0 Å². The molecule has 1 heterocycles. The highest BCUT2D eigenvalue weighted by Gasteiger charge is 2.41. The predicted octanol–water partition coefficient (Wildman–Crippen LogP) is 2.97. The van der Waals surface area contributed by atoms with Gasteiger partial charge in [0.15, 0.2) is 0 Å². The van der Waals surface area contributed by atoms with Gasteiger partial charge in [-0.05, 0) is 30.0 Å². The van der Waals surface area contributed by atoms with Crippen molar-refractivity contribution in [3.8, 4) is 0 Å². The molecule has 1 saturated carbocycles. The van der Waals surface area contributed by atoms with Crippen LogP contribution in [-0.4, -0.2) is 6.54 Å². The summed E-state index contributed by atoms with van der Waals surface area (Å²) < 4.78 is 1.27. The van der Waals surface area contributed by atoms with Gasteiger partial charge in [-0.15, -0.1) is 0 Å². The normalized spacial score (nSPS) is 22.9. The van der Waals surface area contributed by atoms with Crippen molar-refractivity contribution in [2.75, 3.05) is 6.54 Å². The maximum Gasteiger partial charge on any atom is 0.0223 e. The Morgan fingerprint density at radius 2 is 2.14 bits per heavy atom. The molecule has 1 aromatic carbocycles. The summed E-state index contributed by atoms with van der Waals surface area (Å²) in [7, 11) is 0. The van der Waals surface area contributed by atoms with Gasteiger partial charge >= 0.3 is 0 Å². The first kappa shape index (κ1) is 8.93. The van der Waals surface area contributed by atoms with Gasteiger partial charge in [0, 0.05) is 23.0 Å². The van der Waals surface area contributed by atoms with Gasteiger partial charge in [-0.3, -0.25) is 0 Å². The molecule has 0 atom stereocenters. The maximum atomic E-state index is 3.65. The molecule has 2 aliphatic rings. The SMILES string of the molecule is Brc1cccc2c1CNCC21CCC1. The monoisotopic (exact) mass is 251 g/mol. The van der Waals surface area contributed by atoms with Gasteiger partial charge in [0.2, 0.25) is 0 Å². The summed E-state index contributed by atoms with van der Waals surface area (Å²) in [5.41, 5.74) is 3.56. The number of benzene rings is 1. The van der Waals surface area contributed by atoms with E-state index in [4.69, 9.17) is 0 Å². The van der Waals surface area contributed by atoms with Gasteiger partial charge in [0.1, 0.15) is 0 Å². The number of hydrogen-bond acceptors (Lipinski definition) is 1. The molecule has 1 aliphatic heterocycles. The first-order valence-electron chi connectivity index (χ1n) is 5.30. The second-order valence-electron chi connectivity index (χ2n) is 4.50. The van der Waals surface area contributed by atoms with Crippen LogP contribution < -0.4 is 5.32 Å². The topological polar surface area (TPSA) is 12.0 Å². The van der Waals surface area contributed by atoms with Gasteiger partial charge in [0.05, 0.1) is 0 Å². The lowest BCUT2D eigenvalue weighted by Gasteiger charge is -2.46. The van der Waals surface area contributed by atoms with E-state index in [1.165, 1.54) is 35.8 Å². The van der Waals surface area contributed by atoms with Crippen LogP contribution in [-0.2, 0) is 12.0 Å². The van der Waals surface area contributed by atoms with E-state index in [0.29, 0.717) is 5.41 Å². The van der Waals surface area contributed by atoms with E-state index in [2.05, 4.69) is 39.4 Å². The fourth-order valence-corrected chi connectivity index (χ4v) is 3.31.